The molecule has 0 aliphatic carbocycles. The molecule has 0 aliphatic rings. The summed E-state index contributed by atoms with van der Waals surface area (Å²) in [5.41, 5.74) is 0.868. The van der Waals surface area contributed by atoms with E-state index in [1.54, 1.807) is 43.5 Å². The minimum Gasteiger partial charge on any atom is -0.462 e. The Hall–Kier alpha value is -4.44. The SMILES string of the molecule is CCCCOC(=O)c1cccc2c(=O)c3ccccc3sc12.COCCOC(=O)c1ccc2c(=O)c3ccccc3sc2c1. The minimum atomic E-state index is -0.410. The molecule has 4 aromatic carbocycles. The topological polar surface area (TPSA) is 96.0 Å². The highest BCUT2D eigenvalue weighted by atomic mass is 32.1. The van der Waals surface area contributed by atoms with Crippen molar-refractivity contribution in [3.05, 3.63) is 117 Å². The van der Waals surface area contributed by atoms with Crippen LogP contribution in [0.3, 0.4) is 0 Å². The van der Waals surface area contributed by atoms with Crippen LogP contribution in [-0.2, 0) is 14.2 Å². The quantitative estimate of drug-likeness (QED) is 0.0976. The van der Waals surface area contributed by atoms with E-state index in [9.17, 15) is 19.2 Å². The summed E-state index contributed by atoms with van der Waals surface area (Å²) in [6, 6.07) is 25.2. The van der Waals surface area contributed by atoms with Crippen molar-refractivity contribution in [1.29, 1.82) is 0 Å². The van der Waals surface area contributed by atoms with Gasteiger partial charge in [0.2, 0.25) is 0 Å². The van der Waals surface area contributed by atoms with E-state index in [1.807, 2.05) is 55.5 Å². The number of carbonyl (C=O) groups is 2. The lowest BCUT2D eigenvalue weighted by Gasteiger charge is -2.07. The predicted molar refractivity (Wildman–Crippen MR) is 179 cm³/mol. The molecule has 0 saturated carbocycles. The minimum absolute atomic E-state index is 0.0105. The van der Waals surface area contributed by atoms with E-state index in [2.05, 4.69) is 0 Å². The van der Waals surface area contributed by atoms with E-state index in [0.717, 1.165) is 26.9 Å². The standard InChI is InChI=1S/C18H16O3S.C17H14O4S/c1-2-3-11-21-18(20)14-9-6-8-13-16(19)12-7-4-5-10-15(12)22-17(13)14;1-20-8-9-21-17(19)11-6-7-13-15(10-11)22-14-5-3-2-4-12(14)16(13)18/h4-10H,2-3,11H2,1H3;2-7,10H,8-9H2,1H3. The number of ether oxygens (including phenoxy) is 3. The number of esters is 2. The molecular weight excluding hydrogens is 597 g/mol. The van der Waals surface area contributed by atoms with E-state index in [-0.39, 0.29) is 23.4 Å². The van der Waals surface area contributed by atoms with Crippen LogP contribution in [0.25, 0.3) is 40.3 Å². The van der Waals surface area contributed by atoms with Crippen LogP contribution in [0.4, 0.5) is 0 Å². The summed E-state index contributed by atoms with van der Waals surface area (Å²) in [6.07, 6.45) is 1.82. The van der Waals surface area contributed by atoms with E-state index in [4.69, 9.17) is 14.2 Å². The van der Waals surface area contributed by atoms with Crippen LogP contribution in [0.15, 0.2) is 94.5 Å². The third kappa shape index (κ3) is 6.70. The van der Waals surface area contributed by atoms with Crippen molar-refractivity contribution in [2.75, 3.05) is 26.9 Å². The summed E-state index contributed by atoms with van der Waals surface area (Å²) in [5, 5.41) is 2.60. The second-order valence-electron chi connectivity index (χ2n) is 9.87. The van der Waals surface area contributed by atoms with E-state index in [1.165, 1.54) is 22.7 Å². The number of unbranched alkanes of at least 4 members (excludes halogenated alkanes) is 1. The van der Waals surface area contributed by atoms with E-state index >= 15 is 0 Å². The molecule has 0 amide bonds. The summed E-state index contributed by atoms with van der Waals surface area (Å²) in [6.45, 7) is 3.02. The van der Waals surface area contributed by atoms with Crippen LogP contribution in [0, 0.1) is 0 Å². The van der Waals surface area contributed by atoms with Gasteiger partial charge in [-0.25, -0.2) is 9.59 Å². The van der Waals surface area contributed by atoms with Gasteiger partial charge in [-0.15, -0.1) is 22.7 Å². The van der Waals surface area contributed by atoms with Gasteiger partial charge >= 0.3 is 11.9 Å². The highest BCUT2D eigenvalue weighted by Gasteiger charge is 2.15. The molecule has 0 fully saturated rings. The Kier molecular flexibility index (Phi) is 10.1. The maximum atomic E-state index is 12.6. The molecule has 6 aromatic rings. The highest BCUT2D eigenvalue weighted by molar-refractivity contribution is 7.25. The molecule has 0 unspecified atom stereocenters. The van der Waals surface area contributed by atoms with Gasteiger partial charge < -0.3 is 14.2 Å². The Morgan fingerprint density at radius 2 is 1.25 bits per heavy atom. The molecule has 0 saturated heterocycles. The normalized spacial score (nSPS) is 11.0. The first-order valence-electron chi connectivity index (χ1n) is 14.2. The number of rotatable bonds is 8. The molecule has 0 spiro atoms. The maximum absolute atomic E-state index is 12.6. The molecule has 224 valence electrons. The monoisotopic (exact) mass is 626 g/mol. The zero-order chi connectivity index (χ0) is 31.1. The fourth-order valence-corrected chi connectivity index (χ4v) is 6.88. The fraction of sp³-hybridized carbons (Fsp3) is 0.200. The average Bonchev–Trinajstić information content (AvgIpc) is 3.05. The van der Waals surface area contributed by atoms with Gasteiger partial charge in [-0.3, -0.25) is 9.59 Å². The molecule has 44 heavy (non-hydrogen) atoms. The molecule has 7 nitrogen and oxygen atoms in total. The zero-order valence-corrected chi connectivity index (χ0v) is 25.9. The zero-order valence-electron chi connectivity index (χ0n) is 24.3. The molecule has 0 radical (unpaired) electrons. The van der Waals surface area contributed by atoms with E-state index in [0.29, 0.717) is 50.6 Å². The van der Waals surface area contributed by atoms with Gasteiger partial charge in [0.15, 0.2) is 10.9 Å². The molecule has 9 heteroatoms. The Morgan fingerprint density at radius 3 is 1.95 bits per heavy atom. The summed E-state index contributed by atoms with van der Waals surface area (Å²) < 4.78 is 18.5. The number of carbonyl (C=O) groups excluding carboxylic acids is 2. The number of hydrogen-bond acceptors (Lipinski definition) is 9. The third-order valence-electron chi connectivity index (χ3n) is 6.89. The average molecular weight is 627 g/mol. The van der Waals surface area contributed by atoms with Crippen LogP contribution in [0.1, 0.15) is 40.5 Å². The van der Waals surface area contributed by atoms with Gasteiger partial charge in [-0.05, 0) is 61.0 Å². The molecule has 0 aliphatic heterocycles. The van der Waals surface area contributed by atoms with Gasteiger partial charge in [0.25, 0.3) is 0 Å². The van der Waals surface area contributed by atoms with Gasteiger partial charge in [-0.2, -0.15) is 0 Å². The van der Waals surface area contributed by atoms with Gasteiger partial charge in [0.1, 0.15) is 6.61 Å². The largest absolute Gasteiger partial charge is 0.462 e. The molecule has 0 atom stereocenters. The summed E-state index contributed by atoms with van der Waals surface area (Å²) in [4.78, 5) is 49.3. The van der Waals surface area contributed by atoms with Crippen LogP contribution < -0.4 is 10.9 Å². The second kappa shape index (κ2) is 14.4. The number of methoxy groups -OCH3 is 1. The number of benzene rings is 4. The molecule has 0 N–H and O–H groups in total. The van der Waals surface area contributed by atoms with Gasteiger partial charge in [0.05, 0.1) is 29.0 Å². The molecule has 0 bridgehead atoms. The Balaban J connectivity index is 0.000000175. The lowest BCUT2D eigenvalue weighted by Crippen LogP contribution is -2.10. The van der Waals surface area contributed by atoms with Crippen LogP contribution in [-0.4, -0.2) is 38.9 Å². The fourth-order valence-electron chi connectivity index (χ4n) is 4.60. The van der Waals surface area contributed by atoms with Gasteiger partial charge in [0, 0.05) is 42.8 Å². The van der Waals surface area contributed by atoms with Crippen molar-refractivity contribution in [2.24, 2.45) is 0 Å². The first-order valence-corrected chi connectivity index (χ1v) is 15.8. The summed E-state index contributed by atoms with van der Waals surface area (Å²) in [5.74, 6) is -0.767. The van der Waals surface area contributed by atoms with Gasteiger partial charge in [-0.1, -0.05) is 43.7 Å². The predicted octanol–water partition coefficient (Wildman–Crippen LogP) is 7.59. The highest BCUT2D eigenvalue weighted by Crippen LogP contribution is 2.28. The Labute approximate surface area is 261 Å². The lowest BCUT2D eigenvalue weighted by atomic mass is 10.1. The number of hydrogen-bond donors (Lipinski definition) is 0. The van der Waals surface area contributed by atoms with Crippen molar-refractivity contribution in [3.63, 3.8) is 0 Å². The van der Waals surface area contributed by atoms with Crippen LogP contribution in [0.2, 0.25) is 0 Å². The number of fused-ring (bicyclic) bond motifs is 4. The van der Waals surface area contributed by atoms with Crippen LogP contribution in [0.5, 0.6) is 0 Å². The maximum Gasteiger partial charge on any atom is 0.339 e. The van der Waals surface area contributed by atoms with Crippen molar-refractivity contribution in [2.45, 2.75) is 19.8 Å². The lowest BCUT2D eigenvalue weighted by molar-refractivity contribution is 0.0387. The summed E-state index contributed by atoms with van der Waals surface area (Å²) in [7, 11) is 1.55. The first-order chi connectivity index (χ1) is 21.4. The second-order valence-corrected chi connectivity index (χ2v) is 12.0. The van der Waals surface area contributed by atoms with E-state index < -0.39 is 5.97 Å². The molecule has 2 heterocycles. The third-order valence-corrected chi connectivity index (χ3v) is 9.24. The summed E-state index contributed by atoms with van der Waals surface area (Å²) >= 11 is 2.95. The van der Waals surface area contributed by atoms with Crippen molar-refractivity contribution in [1.82, 2.24) is 0 Å². The molecular formula is C35H30O7S2. The Bertz CT molecular complexity index is 2100. The first kappa shape index (κ1) is 31.0. The molecule has 6 rings (SSSR count). The Morgan fingerprint density at radius 1 is 0.636 bits per heavy atom. The van der Waals surface area contributed by atoms with Crippen molar-refractivity contribution < 1.29 is 23.8 Å². The smallest absolute Gasteiger partial charge is 0.339 e. The van der Waals surface area contributed by atoms with Crippen molar-refractivity contribution in [3.8, 4) is 0 Å². The molecule has 2 aromatic heterocycles. The van der Waals surface area contributed by atoms with Crippen molar-refractivity contribution >= 4 is 75.0 Å². The van der Waals surface area contributed by atoms with Crippen LogP contribution >= 0.6 is 22.7 Å².